The lowest BCUT2D eigenvalue weighted by Crippen LogP contribution is -2.41. The second kappa shape index (κ2) is 5.85. The molecule has 0 aromatic heterocycles. The highest BCUT2D eigenvalue weighted by Gasteiger charge is 2.52. The standard InChI is InChI=1S/C17H23BO3SSi/c1-16(2)17(3,4)21-18(20-16)13-10-12(19-23)9-11-7-6-8-14(22-5)15(11)13/h6-10H,1-5,23H3. The third-order valence-electron chi connectivity index (χ3n) is 4.91. The van der Waals surface area contributed by atoms with E-state index in [4.69, 9.17) is 13.7 Å². The second-order valence-electron chi connectivity index (χ2n) is 6.86. The van der Waals surface area contributed by atoms with Crippen LogP contribution in [-0.2, 0) is 9.31 Å². The highest BCUT2D eigenvalue weighted by molar-refractivity contribution is 7.98. The Bertz CT molecular complexity index is 732. The van der Waals surface area contributed by atoms with E-state index < -0.39 is 0 Å². The summed E-state index contributed by atoms with van der Waals surface area (Å²) in [4.78, 5) is 1.23. The van der Waals surface area contributed by atoms with E-state index in [1.54, 1.807) is 11.8 Å². The molecule has 0 radical (unpaired) electrons. The van der Waals surface area contributed by atoms with Gasteiger partial charge in [0.25, 0.3) is 0 Å². The minimum absolute atomic E-state index is 0.351. The fourth-order valence-electron chi connectivity index (χ4n) is 2.84. The highest BCUT2D eigenvalue weighted by atomic mass is 32.2. The zero-order chi connectivity index (χ0) is 16.8. The van der Waals surface area contributed by atoms with Crippen LogP contribution in [0.15, 0.2) is 35.2 Å². The van der Waals surface area contributed by atoms with Crippen LogP contribution in [-0.4, -0.2) is 35.1 Å². The first-order valence-electron chi connectivity index (χ1n) is 7.79. The average molecular weight is 346 g/mol. The molecule has 0 bridgehead atoms. The van der Waals surface area contributed by atoms with Gasteiger partial charge in [-0.25, -0.2) is 0 Å². The first-order chi connectivity index (χ1) is 10.8. The normalized spacial score (nSPS) is 19.4. The SMILES string of the molecule is CSc1cccc2cc(O[SiH3])cc(B3OC(C)(C)C(C)(C)O3)c12. The van der Waals surface area contributed by atoms with Gasteiger partial charge in [0.1, 0.15) is 5.75 Å². The number of rotatable bonds is 3. The molecule has 23 heavy (non-hydrogen) atoms. The van der Waals surface area contributed by atoms with E-state index >= 15 is 0 Å². The van der Waals surface area contributed by atoms with E-state index in [0.717, 1.165) is 16.6 Å². The predicted molar refractivity (Wildman–Crippen MR) is 102 cm³/mol. The topological polar surface area (TPSA) is 27.7 Å². The molecule has 1 fully saturated rings. The van der Waals surface area contributed by atoms with Crippen molar-refractivity contribution >= 4 is 45.6 Å². The van der Waals surface area contributed by atoms with Crippen LogP contribution in [0.3, 0.4) is 0 Å². The fraction of sp³-hybridized carbons (Fsp3) is 0.412. The summed E-state index contributed by atoms with van der Waals surface area (Å²) in [6.45, 7) is 8.32. The van der Waals surface area contributed by atoms with Gasteiger partial charge in [-0.15, -0.1) is 11.8 Å². The molecule has 2 aromatic carbocycles. The van der Waals surface area contributed by atoms with Gasteiger partial charge < -0.3 is 13.7 Å². The molecule has 0 amide bonds. The summed E-state index contributed by atoms with van der Waals surface area (Å²) in [6, 6.07) is 10.5. The van der Waals surface area contributed by atoms with E-state index in [2.05, 4.69) is 64.3 Å². The van der Waals surface area contributed by atoms with Gasteiger partial charge in [-0.1, -0.05) is 12.1 Å². The Morgan fingerprint density at radius 2 is 1.74 bits per heavy atom. The highest BCUT2D eigenvalue weighted by Crippen LogP contribution is 2.38. The second-order valence-corrected chi connectivity index (χ2v) is 8.12. The van der Waals surface area contributed by atoms with Crippen LogP contribution in [0.1, 0.15) is 27.7 Å². The fourth-order valence-corrected chi connectivity index (χ4v) is 3.73. The van der Waals surface area contributed by atoms with Gasteiger partial charge >= 0.3 is 7.12 Å². The van der Waals surface area contributed by atoms with E-state index in [1.807, 2.05) is 0 Å². The van der Waals surface area contributed by atoms with Crippen LogP contribution < -0.4 is 9.89 Å². The summed E-state index contributed by atoms with van der Waals surface area (Å²) in [6.07, 6.45) is 2.10. The van der Waals surface area contributed by atoms with Crippen LogP contribution in [0.2, 0.25) is 0 Å². The Hall–Kier alpha value is -0.948. The first kappa shape index (κ1) is 16.9. The van der Waals surface area contributed by atoms with Crippen molar-refractivity contribution in [3.05, 3.63) is 30.3 Å². The number of thioether (sulfide) groups is 1. The van der Waals surface area contributed by atoms with Gasteiger partial charge in [0.05, 0.1) is 11.2 Å². The van der Waals surface area contributed by atoms with Crippen molar-refractivity contribution in [1.82, 2.24) is 0 Å². The van der Waals surface area contributed by atoms with E-state index in [1.165, 1.54) is 10.3 Å². The molecule has 0 aliphatic carbocycles. The maximum absolute atomic E-state index is 6.28. The Morgan fingerprint density at radius 1 is 1.09 bits per heavy atom. The van der Waals surface area contributed by atoms with Crippen molar-refractivity contribution in [2.24, 2.45) is 0 Å². The summed E-state index contributed by atoms with van der Waals surface area (Å²) in [7, 11) is 0.275. The molecule has 0 atom stereocenters. The van der Waals surface area contributed by atoms with Crippen LogP contribution in [0.25, 0.3) is 10.8 Å². The molecule has 3 nitrogen and oxygen atoms in total. The lowest BCUT2D eigenvalue weighted by molar-refractivity contribution is 0.00578. The lowest BCUT2D eigenvalue weighted by Gasteiger charge is -2.32. The number of benzene rings is 2. The Kier molecular flexibility index (Phi) is 4.29. The third-order valence-corrected chi connectivity index (χ3v) is 6.16. The molecule has 1 aliphatic rings. The minimum Gasteiger partial charge on any atom is -0.553 e. The Morgan fingerprint density at radius 3 is 2.30 bits per heavy atom. The number of hydrogen-bond donors (Lipinski definition) is 0. The third kappa shape index (κ3) is 2.82. The molecule has 1 aliphatic heterocycles. The molecule has 2 aromatic rings. The minimum atomic E-state index is -0.382. The van der Waals surface area contributed by atoms with Crippen molar-refractivity contribution in [3.8, 4) is 5.75 Å². The van der Waals surface area contributed by atoms with E-state index in [9.17, 15) is 0 Å². The van der Waals surface area contributed by atoms with Crippen molar-refractivity contribution in [2.45, 2.75) is 43.8 Å². The van der Waals surface area contributed by atoms with Crippen LogP contribution in [0, 0.1) is 0 Å². The van der Waals surface area contributed by atoms with Gasteiger partial charge in [-0.2, -0.15) is 0 Å². The number of fused-ring (bicyclic) bond motifs is 1. The zero-order valence-electron chi connectivity index (χ0n) is 14.6. The van der Waals surface area contributed by atoms with Gasteiger partial charge in [0.15, 0.2) is 0 Å². The molecule has 0 spiro atoms. The molecule has 1 saturated heterocycles. The lowest BCUT2D eigenvalue weighted by atomic mass is 9.76. The zero-order valence-corrected chi connectivity index (χ0v) is 17.4. The van der Waals surface area contributed by atoms with E-state index in [0.29, 0.717) is 10.5 Å². The smallest absolute Gasteiger partial charge is 0.495 e. The largest absolute Gasteiger partial charge is 0.553 e. The molecule has 1 heterocycles. The molecule has 0 unspecified atom stereocenters. The summed E-state index contributed by atoms with van der Waals surface area (Å²) in [5.74, 6) is 0.882. The van der Waals surface area contributed by atoms with Crippen molar-refractivity contribution in [3.63, 3.8) is 0 Å². The van der Waals surface area contributed by atoms with Gasteiger partial charge in [0.2, 0.25) is 10.5 Å². The molecule has 6 heteroatoms. The molecule has 0 saturated carbocycles. The molecule has 122 valence electrons. The Balaban J connectivity index is 2.20. The van der Waals surface area contributed by atoms with Crippen molar-refractivity contribution in [2.75, 3.05) is 6.26 Å². The summed E-state index contributed by atoms with van der Waals surface area (Å²) >= 11 is 1.74. The molecular formula is C17H23BO3SSi. The van der Waals surface area contributed by atoms with Gasteiger partial charge in [-0.3, -0.25) is 0 Å². The molecular weight excluding hydrogens is 323 g/mol. The van der Waals surface area contributed by atoms with Crippen LogP contribution in [0.5, 0.6) is 5.75 Å². The maximum Gasteiger partial charge on any atom is 0.495 e. The monoisotopic (exact) mass is 346 g/mol. The Labute approximate surface area is 145 Å². The van der Waals surface area contributed by atoms with Gasteiger partial charge in [0, 0.05) is 4.90 Å². The van der Waals surface area contributed by atoms with E-state index in [-0.39, 0.29) is 18.3 Å². The van der Waals surface area contributed by atoms with Crippen molar-refractivity contribution in [1.29, 1.82) is 0 Å². The first-order valence-corrected chi connectivity index (χ1v) is 9.83. The van der Waals surface area contributed by atoms with Crippen molar-refractivity contribution < 1.29 is 13.7 Å². The summed E-state index contributed by atoms with van der Waals surface area (Å²) < 4.78 is 18.2. The van der Waals surface area contributed by atoms with Crippen LogP contribution in [0.4, 0.5) is 0 Å². The quantitative estimate of drug-likeness (QED) is 0.631. The molecule has 0 N–H and O–H groups in total. The van der Waals surface area contributed by atoms with Gasteiger partial charge in [-0.05, 0) is 68.4 Å². The summed E-state index contributed by atoms with van der Waals surface area (Å²) in [5, 5.41) is 2.36. The average Bonchev–Trinajstić information content (AvgIpc) is 2.73. The number of hydrogen-bond acceptors (Lipinski definition) is 4. The van der Waals surface area contributed by atoms with Crippen LogP contribution >= 0.6 is 11.8 Å². The predicted octanol–water partition coefficient (Wildman–Crippen LogP) is 2.52. The molecule has 3 rings (SSSR count). The maximum atomic E-state index is 6.28. The summed E-state index contributed by atoms with van der Waals surface area (Å²) in [5.41, 5.74) is 0.351.